The lowest BCUT2D eigenvalue weighted by molar-refractivity contribution is -0.150. The van der Waals surface area contributed by atoms with Gasteiger partial charge in [0.25, 0.3) is 0 Å². The number of carbonyl (C=O) groups is 2. The van der Waals surface area contributed by atoms with Gasteiger partial charge in [0, 0.05) is 10.0 Å². The van der Waals surface area contributed by atoms with Crippen molar-refractivity contribution < 1.29 is 23.8 Å². The van der Waals surface area contributed by atoms with Crippen molar-refractivity contribution in [1.82, 2.24) is 0 Å². The second-order valence-electron chi connectivity index (χ2n) is 3.65. The second kappa shape index (κ2) is 7.13. The third-order valence-electron chi connectivity index (χ3n) is 2.33. The van der Waals surface area contributed by atoms with Crippen molar-refractivity contribution in [2.24, 2.45) is 0 Å². The van der Waals surface area contributed by atoms with E-state index in [1.807, 2.05) is 0 Å². The molecule has 0 radical (unpaired) electrons. The van der Waals surface area contributed by atoms with Gasteiger partial charge in [-0.2, -0.15) is 0 Å². The number of halogens is 1. The molecule has 0 saturated carbocycles. The minimum Gasteiger partial charge on any atom is -0.493 e. The van der Waals surface area contributed by atoms with Crippen LogP contribution < -0.4 is 9.47 Å². The van der Waals surface area contributed by atoms with Crippen LogP contribution in [0.15, 0.2) is 16.6 Å². The van der Waals surface area contributed by atoms with E-state index in [9.17, 15) is 9.59 Å². The maximum atomic E-state index is 11.5. The van der Waals surface area contributed by atoms with Gasteiger partial charge in [-0.15, -0.1) is 0 Å². The van der Waals surface area contributed by atoms with E-state index in [4.69, 9.17) is 14.2 Å². The molecule has 1 aromatic carbocycles. The van der Waals surface area contributed by atoms with Crippen molar-refractivity contribution in [2.75, 3.05) is 13.7 Å². The van der Waals surface area contributed by atoms with E-state index < -0.39 is 12.1 Å². The minimum atomic E-state index is -0.761. The lowest BCUT2D eigenvalue weighted by atomic mass is 10.2. The SMILES string of the molecule is CCOC(=O)C(C)Oc1cc(Br)c(C=O)cc1OC. The van der Waals surface area contributed by atoms with Crippen LogP contribution in [-0.2, 0) is 9.53 Å². The number of esters is 1. The number of ether oxygens (including phenoxy) is 3. The van der Waals surface area contributed by atoms with Gasteiger partial charge in [0.05, 0.1) is 13.7 Å². The summed E-state index contributed by atoms with van der Waals surface area (Å²) in [6, 6.07) is 3.11. The zero-order valence-electron chi connectivity index (χ0n) is 10.9. The van der Waals surface area contributed by atoms with Crippen molar-refractivity contribution in [3.8, 4) is 11.5 Å². The summed E-state index contributed by atoms with van der Waals surface area (Å²) < 4.78 is 16.0. The van der Waals surface area contributed by atoms with E-state index >= 15 is 0 Å². The Morgan fingerprint density at radius 3 is 2.63 bits per heavy atom. The molecule has 0 heterocycles. The summed E-state index contributed by atoms with van der Waals surface area (Å²) in [5, 5.41) is 0. The third kappa shape index (κ3) is 3.96. The first-order valence-corrected chi connectivity index (χ1v) is 6.48. The zero-order chi connectivity index (χ0) is 14.4. The summed E-state index contributed by atoms with van der Waals surface area (Å²) in [5.74, 6) is 0.280. The zero-order valence-corrected chi connectivity index (χ0v) is 12.5. The molecule has 0 aromatic heterocycles. The van der Waals surface area contributed by atoms with Crippen LogP contribution in [0.1, 0.15) is 24.2 Å². The Bertz CT molecular complexity index is 472. The third-order valence-corrected chi connectivity index (χ3v) is 3.02. The van der Waals surface area contributed by atoms with Crippen LogP contribution in [0.25, 0.3) is 0 Å². The standard InChI is InChI=1S/C13H15BrO5/c1-4-18-13(16)8(2)19-12-6-10(14)9(7-15)5-11(12)17-3/h5-8H,4H2,1-3H3. The summed E-state index contributed by atoms with van der Waals surface area (Å²) >= 11 is 3.25. The number of aldehydes is 1. The number of methoxy groups -OCH3 is 1. The number of carbonyl (C=O) groups excluding carboxylic acids is 2. The van der Waals surface area contributed by atoms with Gasteiger partial charge in [-0.25, -0.2) is 4.79 Å². The van der Waals surface area contributed by atoms with E-state index in [2.05, 4.69) is 15.9 Å². The van der Waals surface area contributed by atoms with Crippen LogP contribution in [0.5, 0.6) is 11.5 Å². The van der Waals surface area contributed by atoms with Gasteiger partial charge < -0.3 is 14.2 Å². The molecule has 0 aliphatic heterocycles. The Hall–Kier alpha value is -1.56. The van der Waals surface area contributed by atoms with E-state index in [0.29, 0.717) is 27.8 Å². The lowest BCUT2D eigenvalue weighted by Crippen LogP contribution is -2.26. The van der Waals surface area contributed by atoms with Crippen LogP contribution in [0.4, 0.5) is 0 Å². The molecule has 0 saturated heterocycles. The quantitative estimate of drug-likeness (QED) is 0.592. The van der Waals surface area contributed by atoms with Crippen LogP contribution in [0.3, 0.4) is 0 Å². The lowest BCUT2D eigenvalue weighted by Gasteiger charge is -2.16. The molecule has 1 aromatic rings. The van der Waals surface area contributed by atoms with Crippen molar-refractivity contribution in [2.45, 2.75) is 20.0 Å². The van der Waals surface area contributed by atoms with Gasteiger partial charge in [-0.05, 0) is 41.9 Å². The van der Waals surface area contributed by atoms with Gasteiger partial charge in [0.2, 0.25) is 0 Å². The minimum absolute atomic E-state index is 0.289. The number of benzene rings is 1. The van der Waals surface area contributed by atoms with Crippen molar-refractivity contribution in [3.63, 3.8) is 0 Å². The number of rotatable bonds is 6. The van der Waals surface area contributed by atoms with Gasteiger partial charge in [0.15, 0.2) is 23.9 Å². The van der Waals surface area contributed by atoms with E-state index in [0.717, 1.165) is 0 Å². The predicted molar refractivity (Wildman–Crippen MR) is 72.8 cm³/mol. The van der Waals surface area contributed by atoms with Crippen LogP contribution in [-0.4, -0.2) is 32.1 Å². The molecule has 1 rings (SSSR count). The molecule has 0 spiro atoms. The maximum Gasteiger partial charge on any atom is 0.347 e. The van der Waals surface area contributed by atoms with Gasteiger partial charge in [-0.3, -0.25) is 4.79 Å². The Balaban J connectivity index is 2.97. The number of hydrogen-bond acceptors (Lipinski definition) is 5. The molecule has 104 valence electrons. The molecule has 6 heteroatoms. The van der Waals surface area contributed by atoms with Crippen molar-refractivity contribution >= 4 is 28.2 Å². The highest BCUT2D eigenvalue weighted by Crippen LogP contribution is 2.33. The molecule has 0 aliphatic carbocycles. The fourth-order valence-corrected chi connectivity index (χ4v) is 1.81. The highest BCUT2D eigenvalue weighted by molar-refractivity contribution is 9.10. The first-order chi connectivity index (χ1) is 9.03. The van der Waals surface area contributed by atoms with Gasteiger partial charge in [-0.1, -0.05) is 0 Å². The van der Waals surface area contributed by atoms with Crippen molar-refractivity contribution in [3.05, 3.63) is 22.2 Å². The first-order valence-electron chi connectivity index (χ1n) is 5.69. The smallest absolute Gasteiger partial charge is 0.347 e. The average molecular weight is 331 g/mol. The highest BCUT2D eigenvalue weighted by atomic mass is 79.9. The van der Waals surface area contributed by atoms with Gasteiger partial charge in [0.1, 0.15) is 0 Å². The summed E-state index contributed by atoms with van der Waals surface area (Å²) in [4.78, 5) is 22.3. The van der Waals surface area contributed by atoms with Crippen LogP contribution >= 0.6 is 15.9 Å². The molecule has 0 aliphatic rings. The molecule has 0 fully saturated rings. The largest absolute Gasteiger partial charge is 0.493 e. The Labute approximate surface area is 120 Å². The maximum absolute atomic E-state index is 11.5. The first kappa shape index (κ1) is 15.5. The Morgan fingerprint density at radius 1 is 1.42 bits per heavy atom. The van der Waals surface area contributed by atoms with E-state index in [1.165, 1.54) is 13.2 Å². The molecule has 0 N–H and O–H groups in total. The topological polar surface area (TPSA) is 61.8 Å². The highest BCUT2D eigenvalue weighted by Gasteiger charge is 2.19. The normalized spacial score (nSPS) is 11.6. The molecular formula is C13H15BrO5. The van der Waals surface area contributed by atoms with E-state index in [1.54, 1.807) is 19.9 Å². The van der Waals surface area contributed by atoms with Crippen LogP contribution in [0, 0.1) is 0 Å². The van der Waals surface area contributed by atoms with Crippen LogP contribution in [0.2, 0.25) is 0 Å². The molecule has 0 amide bonds. The van der Waals surface area contributed by atoms with Gasteiger partial charge >= 0.3 is 5.97 Å². The Kier molecular flexibility index (Phi) is 5.82. The molecule has 0 bridgehead atoms. The fraction of sp³-hybridized carbons (Fsp3) is 0.385. The summed E-state index contributed by atoms with van der Waals surface area (Å²) in [7, 11) is 1.46. The molecule has 1 unspecified atom stereocenters. The predicted octanol–water partition coefficient (Wildman–Crippen LogP) is 2.60. The Morgan fingerprint density at radius 2 is 2.11 bits per heavy atom. The molecule has 19 heavy (non-hydrogen) atoms. The fourth-order valence-electron chi connectivity index (χ4n) is 1.39. The van der Waals surface area contributed by atoms with Crippen molar-refractivity contribution in [1.29, 1.82) is 0 Å². The summed E-state index contributed by atoms with van der Waals surface area (Å²) in [5.41, 5.74) is 0.438. The molecule has 5 nitrogen and oxygen atoms in total. The molecular weight excluding hydrogens is 316 g/mol. The monoisotopic (exact) mass is 330 g/mol. The second-order valence-corrected chi connectivity index (χ2v) is 4.51. The average Bonchev–Trinajstić information content (AvgIpc) is 2.39. The summed E-state index contributed by atoms with van der Waals surface area (Å²) in [6.07, 6.45) is -0.0617. The molecule has 1 atom stereocenters. The number of hydrogen-bond donors (Lipinski definition) is 0. The van der Waals surface area contributed by atoms with E-state index in [-0.39, 0.29) is 6.61 Å². The summed E-state index contributed by atoms with van der Waals surface area (Å²) in [6.45, 7) is 3.59.